The number of nitrogens with one attached hydrogen (secondary N) is 2. The first-order valence-electron chi connectivity index (χ1n) is 8.05. The van der Waals surface area contributed by atoms with E-state index in [0.717, 1.165) is 22.5 Å². The van der Waals surface area contributed by atoms with Crippen LogP contribution in [0.3, 0.4) is 0 Å². The van der Waals surface area contributed by atoms with Gasteiger partial charge in [0, 0.05) is 29.9 Å². The number of benzene rings is 1. The standard InChI is InChI=1S/C18H21N5O2/c1-11(17-12(2)21-23(4)13(17)3)19-18(24)20-16-10-15(25-22-16)14-8-6-5-7-9-14/h5-11H,1-4H3,(H2,19,20,22,24). The fourth-order valence-electron chi connectivity index (χ4n) is 2.91. The number of carbonyl (C=O) groups is 1. The van der Waals surface area contributed by atoms with E-state index >= 15 is 0 Å². The van der Waals surface area contributed by atoms with Gasteiger partial charge in [-0.1, -0.05) is 35.5 Å². The van der Waals surface area contributed by atoms with Crippen molar-refractivity contribution in [3.8, 4) is 11.3 Å². The van der Waals surface area contributed by atoms with Crippen LogP contribution in [0.5, 0.6) is 0 Å². The smallest absolute Gasteiger partial charge is 0.320 e. The Kier molecular flexibility index (Phi) is 4.56. The van der Waals surface area contributed by atoms with Crippen molar-refractivity contribution in [1.82, 2.24) is 20.3 Å². The number of aromatic nitrogens is 3. The Morgan fingerprint density at radius 2 is 1.96 bits per heavy atom. The molecule has 2 aromatic heterocycles. The largest absolute Gasteiger partial charge is 0.354 e. The van der Waals surface area contributed by atoms with Gasteiger partial charge in [0.2, 0.25) is 0 Å². The minimum absolute atomic E-state index is 0.172. The second-order valence-corrected chi connectivity index (χ2v) is 5.97. The molecule has 0 aliphatic rings. The predicted molar refractivity (Wildman–Crippen MR) is 95.2 cm³/mol. The summed E-state index contributed by atoms with van der Waals surface area (Å²) in [6.45, 7) is 5.84. The fraction of sp³-hybridized carbons (Fsp3) is 0.278. The van der Waals surface area contributed by atoms with E-state index in [1.807, 2.05) is 62.8 Å². The molecule has 0 radical (unpaired) electrons. The average Bonchev–Trinajstić information content (AvgIpc) is 3.13. The van der Waals surface area contributed by atoms with Crippen LogP contribution in [-0.2, 0) is 7.05 Å². The molecule has 1 unspecified atom stereocenters. The summed E-state index contributed by atoms with van der Waals surface area (Å²) in [5.74, 6) is 0.964. The Morgan fingerprint density at radius 1 is 1.24 bits per heavy atom. The number of urea groups is 1. The van der Waals surface area contributed by atoms with Crippen LogP contribution in [0.2, 0.25) is 0 Å². The molecule has 3 rings (SSSR count). The highest BCUT2D eigenvalue weighted by Crippen LogP contribution is 2.23. The highest BCUT2D eigenvalue weighted by molar-refractivity contribution is 5.89. The maximum atomic E-state index is 12.2. The summed E-state index contributed by atoms with van der Waals surface area (Å²) in [7, 11) is 1.89. The number of aryl methyl sites for hydroxylation is 2. The first-order valence-corrected chi connectivity index (χ1v) is 8.05. The molecule has 7 nitrogen and oxygen atoms in total. The lowest BCUT2D eigenvalue weighted by Gasteiger charge is -2.14. The topological polar surface area (TPSA) is 85.0 Å². The Labute approximate surface area is 146 Å². The molecule has 2 amide bonds. The molecular weight excluding hydrogens is 318 g/mol. The summed E-state index contributed by atoms with van der Waals surface area (Å²) in [6.07, 6.45) is 0. The highest BCUT2D eigenvalue weighted by atomic mass is 16.5. The zero-order valence-corrected chi connectivity index (χ0v) is 14.7. The molecule has 1 aromatic carbocycles. The first kappa shape index (κ1) is 16.8. The molecule has 0 bridgehead atoms. The van der Waals surface area contributed by atoms with Crippen molar-refractivity contribution < 1.29 is 9.32 Å². The first-order chi connectivity index (χ1) is 12.0. The molecule has 2 heterocycles. The number of hydrogen-bond acceptors (Lipinski definition) is 4. The lowest BCUT2D eigenvalue weighted by Crippen LogP contribution is -2.31. The van der Waals surface area contributed by atoms with Gasteiger partial charge in [-0.25, -0.2) is 4.79 Å². The molecule has 2 N–H and O–H groups in total. The van der Waals surface area contributed by atoms with Crippen molar-refractivity contribution in [1.29, 1.82) is 0 Å². The summed E-state index contributed by atoms with van der Waals surface area (Å²) in [6, 6.07) is 10.8. The van der Waals surface area contributed by atoms with E-state index in [2.05, 4.69) is 20.9 Å². The number of nitrogens with zero attached hydrogens (tertiary/aromatic N) is 3. The monoisotopic (exact) mass is 339 g/mol. The van der Waals surface area contributed by atoms with Gasteiger partial charge in [-0.15, -0.1) is 0 Å². The van der Waals surface area contributed by atoms with Crippen LogP contribution in [0.1, 0.15) is 29.9 Å². The van der Waals surface area contributed by atoms with E-state index in [1.165, 1.54) is 0 Å². The van der Waals surface area contributed by atoms with Gasteiger partial charge in [0.05, 0.1) is 11.7 Å². The number of anilines is 1. The third kappa shape index (κ3) is 3.55. The van der Waals surface area contributed by atoms with Crippen LogP contribution >= 0.6 is 0 Å². The minimum atomic E-state index is -0.344. The van der Waals surface area contributed by atoms with Gasteiger partial charge >= 0.3 is 6.03 Å². The fourth-order valence-corrected chi connectivity index (χ4v) is 2.91. The summed E-state index contributed by atoms with van der Waals surface area (Å²) in [5.41, 5.74) is 3.85. The normalized spacial score (nSPS) is 12.0. The van der Waals surface area contributed by atoms with Crippen molar-refractivity contribution in [3.63, 3.8) is 0 Å². The number of hydrogen-bond donors (Lipinski definition) is 2. The second-order valence-electron chi connectivity index (χ2n) is 5.97. The molecule has 0 fully saturated rings. The second kappa shape index (κ2) is 6.80. The van der Waals surface area contributed by atoms with Gasteiger partial charge in [-0.05, 0) is 20.8 Å². The summed E-state index contributed by atoms with van der Waals surface area (Å²) >= 11 is 0. The number of carbonyl (C=O) groups excluding carboxylic acids is 1. The zero-order chi connectivity index (χ0) is 18.0. The van der Waals surface area contributed by atoms with E-state index in [-0.39, 0.29) is 12.1 Å². The highest BCUT2D eigenvalue weighted by Gasteiger charge is 2.18. The molecule has 130 valence electrons. The van der Waals surface area contributed by atoms with Gasteiger partial charge < -0.3 is 9.84 Å². The van der Waals surface area contributed by atoms with Crippen LogP contribution in [0.15, 0.2) is 40.9 Å². The summed E-state index contributed by atoms with van der Waals surface area (Å²) in [5, 5.41) is 13.9. The lowest BCUT2D eigenvalue weighted by molar-refractivity contribution is 0.249. The van der Waals surface area contributed by atoms with Crippen molar-refractivity contribution >= 4 is 11.8 Å². The number of rotatable bonds is 4. The van der Waals surface area contributed by atoms with Crippen LogP contribution in [0, 0.1) is 13.8 Å². The van der Waals surface area contributed by atoms with Crippen molar-refractivity contribution in [3.05, 3.63) is 53.3 Å². The van der Waals surface area contributed by atoms with Crippen LogP contribution in [0.4, 0.5) is 10.6 Å². The maximum absolute atomic E-state index is 12.2. The van der Waals surface area contributed by atoms with E-state index < -0.39 is 0 Å². The lowest BCUT2D eigenvalue weighted by atomic mass is 10.1. The van der Waals surface area contributed by atoms with Gasteiger partial charge in [-0.3, -0.25) is 10.00 Å². The Morgan fingerprint density at radius 3 is 2.60 bits per heavy atom. The van der Waals surface area contributed by atoms with Crippen LogP contribution in [0.25, 0.3) is 11.3 Å². The molecule has 25 heavy (non-hydrogen) atoms. The molecule has 0 spiro atoms. The molecule has 0 aliphatic carbocycles. The Balaban J connectivity index is 1.66. The van der Waals surface area contributed by atoms with Gasteiger partial charge in [0.25, 0.3) is 0 Å². The molecule has 7 heteroatoms. The van der Waals surface area contributed by atoms with E-state index in [1.54, 1.807) is 6.07 Å². The number of amides is 2. The zero-order valence-electron chi connectivity index (χ0n) is 14.7. The third-order valence-corrected chi connectivity index (χ3v) is 4.16. The van der Waals surface area contributed by atoms with Crippen molar-refractivity contribution in [2.45, 2.75) is 26.8 Å². The molecule has 3 aromatic rings. The molecule has 1 atom stereocenters. The summed E-state index contributed by atoms with van der Waals surface area (Å²) < 4.78 is 7.09. The Hall–Kier alpha value is -3.09. The third-order valence-electron chi connectivity index (χ3n) is 4.16. The van der Waals surface area contributed by atoms with Gasteiger partial charge in [-0.2, -0.15) is 5.10 Å². The van der Waals surface area contributed by atoms with Crippen LogP contribution in [-0.4, -0.2) is 21.0 Å². The minimum Gasteiger partial charge on any atom is -0.354 e. The van der Waals surface area contributed by atoms with Crippen LogP contribution < -0.4 is 10.6 Å². The van der Waals surface area contributed by atoms with Gasteiger partial charge in [0.1, 0.15) is 0 Å². The van der Waals surface area contributed by atoms with E-state index in [9.17, 15) is 4.79 Å². The van der Waals surface area contributed by atoms with Gasteiger partial charge in [0.15, 0.2) is 11.6 Å². The van der Waals surface area contributed by atoms with Crippen molar-refractivity contribution in [2.75, 3.05) is 5.32 Å². The molecule has 0 saturated carbocycles. The average molecular weight is 339 g/mol. The maximum Gasteiger partial charge on any atom is 0.320 e. The SMILES string of the molecule is Cc1nn(C)c(C)c1C(C)NC(=O)Nc1cc(-c2ccccc2)on1. The van der Waals surface area contributed by atoms with E-state index in [4.69, 9.17) is 4.52 Å². The molecule has 0 aliphatic heterocycles. The Bertz CT molecular complexity index is 882. The molecule has 0 saturated heterocycles. The summed E-state index contributed by atoms with van der Waals surface area (Å²) in [4.78, 5) is 12.2. The molecular formula is C18H21N5O2. The van der Waals surface area contributed by atoms with Crippen molar-refractivity contribution in [2.24, 2.45) is 7.05 Å². The van der Waals surface area contributed by atoms with E-state index in [0.29, 0.717) is 11.6 Å². The predicted octanol–water partition coefficient (Wildman–Crippen LogP) is 3.57. The quantitative estimate of drug-likeness (QED) is 0.761.